The first-order chi connectivity index (χ1) is 6.07. The topological polar surface area (TPSA) is 26.0 Å². The number of nitrogens with two attached hydrogens (primary N) is 1. The van der Waals surface area contributed by atoms with Gasteiger partial charge in [0.25, 0.3) is 0 Å². The molecule has 0 aliphatic heterocycles. The zero-order valence-corrected chi connectivity index (χ0v) is 7.35. The molecule has 0 bridgehead atoms. The van der Waals surface area contributed by atoms with Gasteiger partial charge in [-0.1, -0.05) is 18.2 Å². The van der Waals surface area contributed by atoms with Crippen molar-refractivity contribution in [2.75, 3.05) is 0 Å². The maximum atomic E-state index is 13.2. The molecule has 1 aromatic carbocycles. The molecular formula is C10H11F2N. The van der Waals surface area contributed by atoms with Gasteiger partial charge < -0.3 is 5.73 Å². The summed E-state index contributed by atoms with van der Waals surface area (Å²) in [6, 6.07) is 2.31. The van der Waals surface area contributed by atoms with Crippen LogP contribution in [0.1, 0.15) is 17.2 Å². The van der Waals surface area contributed by atoms with Gasteiger partial charge in [0, 0.05) is 5.56 Å². The van der Waals surface area contributed by atoms with E-state index in [-0.39, 0.29) is 11.1 Å². The standard InChI is InChI=1S/C10H11F2N/c1-3-8(13)7-5-4-6(2)9(11)10(7)12/h3-5,8H,1,13H2,2H3/t8-/m1/s1. The Balaban J connectivity index is 3.25. The van der Waals surface area contributed by atoms with Crippen molar-refractivity contribution >= 4 is 0 Å². The molecule has 0 spiro atoms. The maximum Gasteiger partial charge on any atom is 0.164 e. The van der Waals surface area contributed by atoms with Crippen LogP contribution in [0.4, 0.5) is 8.78 Å². The molecule has 0 saturated carbocycles. The predicted molar refractivity (Wildman–Crippen MR) is 48.2 cm³/mol. The van der Waals surface area contributed by atoms with Crippen LogP contribution in [-0.4, -0.2) is 0 Å². The number of benzene rings is 1. The number of hydrogen-bond acceptors (Lipinski definition) is 1. The van der Waals surface area contributed by atoms with E-state index in [1.165, 1.54) is 25.1 Å². The average molecular weight is 183 g/mol. The van der Waals surface area contributed by atoms with Gasteiger partial charge >= 0.3 is 0 Å². The molecule has 70 valence electrons. The fraction of sp³-hybridized carbons (Fsp3) is 0.200. The molecule has 0 aromatic heterocycles. The highest BCUT2D eigenvalue weighted by molar-refractivity contribution is 5.29. The molecule has 1 atom stereocenters. The van der Waals surface area contributed by atoms with Crippen molar-refractivity contribution in [3.63, 3.8) is 0 Å². The van der Waals surface area contributed by atoms with Gasteiger partial charge in [-0.3, -0.25) is 0 Å². The summed E-state index contributed by atoms with van der Waals surface area (Å²) in [6.07, 6.45) is 1.37. The van der Waals surface area contributed by atoms with E-state index in [0.717, 1.165) is 0 Å². The average Bonchev–Trinajstić information content (AvgIpc) is 2.13. The number of rotatable bonds is 2. The van der Waals surface area contributed by atoms with E-state index in [1.54, 1.807) is 0 Å². The second-order valence-electron chi connectivity index (χ2n) is 2.86. The van der Waals surface area contributed by atoms with Gasteiger partial charge in [0.2, 0.25) is 0 Å². The summed E-state index contributed by atoms with van der Waals surface area (Å²) < 4.78 is 26.2. The van der Waals surface area contributed by atoms with Crippen molar-refractivity contribution in [3.8, 4) is 0 Å². The van der Waals surface area contributed by atoms with Crippen LogP contribution < -0.4 is 5.73 Å². The van der Waals surface area contributed by atoms with Gasteiger partial charge in [0.15, 0.2) is 11.6 Å². The van der Waals surface area contributed by atoms with Crippen molar-refractivity contribution in [2.45, 2.75) is 13.0 Å². The molecule has 0 amide bonds. The summed E-state index contributed by atoms with van der Waals surface area (Å²) in [7, 11) is 0. The predicted octanol–water partition coefficient (Wildman–Crippen LogP) is 2.46. The van der Waals surface area contributed by atoms with Gasteiger partial charge in [0.05, 0.1) is 6.04 Å². The van der Waals surface area contributed by atoms with Crippen LogP contribution in [0, 0.1) is 18.6 Å². The zero-order valence-electron chi connectivity index (χ0n) is 7.35. The quantitative estimate of drug-likeness (QED) is 0.700. The molecule has 2 N–H and O–H groups in total. The first-order valence-electron chi connectivity index (χ1n) is 3.90. The second kappa shape index (κ2) is 3.66. The molecule has 3 heteroatoms. The molecule has 0 saturated heterocycles. The monoisotopic (exact) mass is 183 g/mol. The number of aryl methyl sites for hydroxylation is 1. The van der Waals surface area contributed by atoms with E-state index in [2.05, 4.69) is 6.58 Å². The third-order valence-corrected chi connectivity index (χ3v) is 1.92. The third kappa shape index (κ3) is 1.75. The van der Waals surface area contributed by atoms with E-state index in [9.17, 15) is 8.78 Å². The van der Waals surface area contributed by atoms with Crippen molar-refractivity contribution in [2.24, 2.45) is 5.73 Å². The number of halogens is 2. The largest absolute Gasteiger partial charge is 0.321 e. The summed E-state index contributed by atoms with van der Waals surface area (Å²) in [5, 5.41) is 0. The molecule has 1 rings (SSSR count). The van der Waals surface area contributed by atoms with Crippen molar-refractivity contribution < 1.29 is 8.78 Å². The Labute approximate surface area is 75.9 Å². The summed E-state index contributed by atoms with van der Waals surface area (Å²) in [4.78, 5) is 0. The van der Waals surface area contributed by atoms with Crippen molar-refractivity contribution in [3.05, 3.63) is 47.5 Å². The summed E-state index contributed by atoms with van der Waals surface area (Å²) in [5.41, 5.74) is 5.90. The van der Waals surface area contributed by atoms with E-state index < -0.39 is 17.7 Å². The molecule has 1 nitrogen and oxygen atoms in total. The molecule has 0 fully saturated rings. The Kier molecular flexibility index (Phi) is 2.78. The minimum atomic E-state index is -0.882. The van der Waals surface area contributed by atoms with Gasteiger partial charge in [-0.05, 0) is 12.5 Å². The molecule has 0 heterocycles. The maximum absolute atomic E-state index is 13.2. The Morgan fingerprint density at radius 1 is 1.38 bits per heavy atom. The highest BCUT2D eigenvalue weighted by atomic mass is 19.2. The van der Waals surface area contributed by atoms with Crippen LogP contribution in [0.2, 0.25) is 0 Å². The lowest BCUT2D eigenvalue weighted by molar-refractivity contribution is 0.490. The fourth-order valence-corrected chi connectivity index (χ4v) is 1.05. The van der Waals surface area contributed by atoms with Crippen molar-refractivity contribution in [1.29, 1.82) is 0 Å². The molecule has 0 unspecified atom stereocenters. The third-order valence-electron chi connectivity index (χ3n) is 1.92. The number of hydrogen-bond donors (Lipinski definition) is 1. The molecule has 0 aliphatic rings. The summed E-state index contributed by atoms with van der Waals surface area (Å²) in [6.45, 7) is 4.92. The SMILES string of the molecule is C=C[C@@H](N)c1ccc(C)c(F)c1F. The first kappa shape index (κ1) is 9.86. The summed E-state index contributed by atoms with van der Waals surface area (Å²) in [5.74, 6) is -1.72. The zero-order chi connectivity index (χ0) is 10.0. The molecule has 1 aromatic rings. The van der Waals surface area contributed by atoms with Crippen LogP contribution in [0.5, 0.6) is 0 Å². The van der Waals surface area contributed by atoms with Crippen LogP contribution in [-0.2, 0) is 0 Å². The molecule has 0 radical (unpaired) electrons. The first-order valence-corrected chi connectivity index (χ1v) is 3.90. The molecule has 13 heavy (non-hydrogen) atoms. The minimum Gasteiger partial charge on any atom is -0.321 e. The van der Waals surface area contributed by atoms with Gasteiger partial charge in [-0.2, -0.15) is 0 Å². The Bertz CT molecular complexity index is 334. The summed E-state index contributed by atoms with van der Waals surface area (Å²) >= 11 is 0. The van der Waals surface area contributed by atoms with Crippen LogP contribution in [0.15, 0.2) is 24.8 Å². The van der Waals surface area contributed by atoms with Crippen LogP contribution in [0.3, 0.4) is 0 Å². The lowest BCUT2D eigenvalue weighted by Crippen LogP contribution is -2.10. The van der Waals surface area contributed by atoms with Crippen LogP contribution >= 0.6 is 0 Å². The molecule has 0 aliphatic carbocycles. The van der Waals surface area contributed by atoms with Gasteiger partial charge in [0.1, 0.15) is 0 Å². The normalized spacial score (nSPS) is 12.6. The Morgan fingerprint density at radius 2 is 2.00 bits per heavy atom. The lowest BCUT2D eigenvalue weighted by Gasteiger charge is -2.09. The van der Waals surface area contributed by atoms with E-state index >= 15 is 0 Å². The van der Waals surface area contributed by atoms with Crippen molar-refractivity contribution in [1.82, 2.24) is 0 Å². The Morgan fingerprint density at radius 3 is 2.54 bits per heavy atom. The minimum absolute atomic E-state index is 0.137. The fourth-order valence-electron chi connectivity index (χ4n) is 1.05. The highest BCUT2D eigenvalue weighted by Crippen LogP contribution is 2.20. The lowest BCUT2D eigenvalue weighted by atomic mass is 10.0. The second-order valence-corrected chi connectivity index (χ2v) is 2.86. The Hall–Kier alpha value is -1.22. The van der Waals surface area contributed by atoms with Crippen LogP contribution in [0.25, 0.3) is 0 Å². The van der Waals surface area contributed by atoms with E-state index in [0.29, 0.717) is 0 Å². The van der Waals surface area contributed by atoms with E-state index in [4.69, 9.17) is 5.73 Å². The smallest absolute Gasteiger partial charge is 0.164 e. The van der Waals surface area contributed by atoms with Gasteiger partial charge in [-0.25, -0.2) is 8.78 Å². The molecular weight excluding hydrogens is 172 g/mol. The highest BCUT2D eigenvalue weighted by Gasteiger charge is 2.13. The van der Waals surface area contributed by atoms with E-state index in [1.807, 2.05) is 0 Å². The van der Waals surface area contributed by atoms with Gasteiger partial charge in [-0.15, -0.1) is 6.58 Å².